The second kappa shape index (κ2) is 10.8. The van der Waals surface area contributed by atoms with E-state index in [1.165, 1.54) is 0 Å². The summed E-state index contributed by atoms with van der Waals surface area (Å²) in [6, 6.07) is -23.3. The minimum atomic E-state index is -1.05. The summed E-state index contributed by atoms with van der Waals surface area (Å²) < 4.78 is 265. The zero-order valence-electron chi connectivity index (χ0n) is 54.5. The van der Waals surface area contributed by atoms with Gasteiger partial charge < -0.3 is 13.7 Å². The van der Waals surface area contributed by atoms with Crippen molar-refractivity contribution in [2.24, 2.45) is 0 Å². The zero-order chi connectivity index (χ0) is 58.7. The van der Waals surface area contributed by atoms with E-state index in [4.69, 9.17) is 20.6 Å². The van der Waals surface area contributed by atoms with Crippen molar-refractivity contribution in [3.8, 4) is 28.2 Å². The largest absolute Gasteiger partial charge is 0.309 e. The summed E-state index contributed by atoms with van der Waals surface area (Å²) in [5.74, 6) is 0. The molecule has 0 fully saturated rings. The van der Waals surface area contributed by atoms with Crippen molar-refractivity contribution < 1.29 is 39.8 Å². The van der Waals surface area contributed by atoms with Crippen LogP contribution in [-0.2, 0) is 0 Å². The summed E-state index contributed by atoms with van der Waals surface area (Å²) in [6.07, 6.45) is 0. The molecule has 3 nitrogen and oxygen atoms in total. The number of nitrogens with zero attached hydrogens (tertiary/aromatic N) is 3. The molecular formula is C48H31N3. The van der Waals surface area contributed by atoms with Gasteiger partial charge in [0.15, 0.2) is 0 Å². The van der Waals surface area contributed by atoms with Crippen molar-refractivity contribution in [2.45, 2.75) is 0 Å². The monoisotopic (exact) mass is 678 g/mol. The normalized spacial score (nSPS) is 19.9. The van der Waals surface area contributed by atoms with Gasteiger partial charge in [-0.25, -0.2) is 0 Å². The van der Waals surface area contributed by atoms with Gasteiger partial charge in [-0.05, 0) is 71.6 Å². The molecule has 0 spiro atoms. The van der Waals surface area contributed by atoms with Crippen LogP contribution in [0.3, 0.4) is 0 Å². The van der Waals surface area contributed by atoms with Gasteiger partial charge in [0.2, 0.25) is 0 Å². The standard InChI is InChI=1S/C48H31N3/c1-2-14-32(15-3-1)33-28-30-34(31-29-33)49-41-22-10-6-18-37(41)47-43(49)24-12-26-45(47)51-42-23-11-7-19-38(42)48-44(25-13-27-46(48)51)50-39-20-8-4-16-35(39)36-17-5-9-21-40(36)50/h1-31H/i1D,2D,3D,4D,5D,6D,7D,8D,9D,10D,11D,12D,13D,14D,15D,16D,17D,18D,19D,20D,21D,22D,23D,24D,25D,26D,27D,30D,31D. The molecule has 8 aromatic carbocycles. The maximum Gasteiger partial charge on any atom is 0.0645 e. The van der Waals surface area contributed by atoms with Crippen molar-refractivity contribution in [3.63, 3.8) is 0 Å². The van der Waals surface area contributed by atoms with Gasteiger partial charge in [-0.1, -0.05) is 127 Å². The minimum Gasteiger partial charge on any atom is -0.309 e. The molecule has 0 atom stereocenters. The highest BCUT2D eigenvalue weighted by Crippen LogP contribution is 2.43. The molecule has 3 aromatic heterocycles. The summed E-state index contributed by atoms with van der Waals surface area (Å²) in [5.41, 5.74) is -6.60. The highest BCUT2D eigenvalue weighted by Gasteiger charge is 2.22. The SMILES string of the molecule is [2H]c1cc(-c2c([2H])c([2H])c([2H])c([2H])c2[2H])cc([2H])c1-n1c2c([2H])c([2H])c([2H])c([2H])c2c2c(-n3c4c([2H])c([2H])c([2H])c([2H])c4c4c(-n5c6c([2H])c([2H])c([2H])c([2H])c6c6c([2H])c([2H])c([2H])c([2H])c65)c([2H])c([2H])c([2H])c43)c([2H])c([2H])c([2H])c21. The quantitative estimate of drug-likeness (QED) is 0.176. The Kier molecular flexibility index (Phi) is 2.53. The van der Waals surface area contributed by atoms with E-state index >= 15 is 0 Å². The van der Waals surface area contributed by atoms with E-state index < -0.39 is 263 Å². The minimum absolute atomic E-state index is 0.239. The Morgan fingerprint density at radius 2 is 0.686 bits per heavy atom. The molecule has 0 saturated carbocycles. The lowest BCUT2D eigenvalue weighted by Crippen LogP contribution is -1.98. The van der Waals surface area contributed by atoms with Gasteiger partial charge in [-0.15, -0.1) is 0 Å². The Bertz CT molecular complexity index is 4690. The Morgan fingerprint density at radius 1 is 0.294 bits per heavy atom. The average Bonchev–Trinajstić information content (AvgIpc) is 3.66. The molecule has 0 aliphatic rings. The van der Waals surface area contributed by atoms with Crippen LogP contribution >= 0.6 is 0 Å². The lowest BCUT2D eigenvalue weighted by atomic mass is 10.1. The molecule has 0 saturated heterocycles. The molecule has 0 unspecified atom stereocenters. The Labute approximate surface area is 335 Å². The predicted molar refractivity (Wildman–Crippen MR) is 215 cm³/mol. The summed E-state index contributed by atoms with van der Waals surface area (Å²) in [6.45, 7) is 0. The van der Waals surface area contributed by atoms with Crippen LogP contribution in [0.25, 0.3) is 93.6 Å². The first-order chi connectivity index (χ1) is 37.4. The summed E-state index contributed by atoms with van der Waals surface area (Å²) in [4.78, 5) is 0. The molecule has 0 aliphatic heterocycles. The summed E-state index contributed by atoms with van der Waals surface area (Å²) >= 11 is 0. The molecule has 0 aliphatic carbocycles. The molecule has 0 bridgehead atoms. The topological polar surface area (TPSA) is 14.8 Å². The average molecular weight is 679 g/mol. The van der Waals surface area contributed by atoms with E-state index in [9.17, 15) is 19.2 Å². The maximum absolute atomic E-state index is 9.74. The van der Waals surface area contributed by atoms with Crippen LogP contribution in [0.4, 0.5) is 0 Å². The van der Waals surface area contributed by atoms with E-state index in [0.29, 0.717) is 0 Å². The first-order valence-electron chi connectivity index (χ1n) is 29.7. The van der Waals surface area contributed by atoms with E-state index in [1.54, 1.807) is 0 Å². The van der Waals surface area contributed by atoms with Gasteiger partial charge in [0.25, 0.3) is 0 Å². The number of rotatable bonds is 4. The predicted octanol–water partition coefficient (Wildman–Crippen LogP) is 12.6. The van der Waals surface area contributed by atoms with Crippen LogP contribution in [0.2, 0.25) is 0 Å². The Hall–Kier alpha value is -6.84. The third-order valence-corrected chi connectivity index (χ3v) is 8.62. The van der Waals surface area contributed by atoms with Crippen LogP contribution in [0, 0.1) is 0 Å². The number of hydrogen-bond acceptors (Lipinski definition) is 0. The number of hydrogen-bond donors (Lipinski definition) is 0. The highest BCUT2D eigenvalue weighted by atomic mass is 15.0. The molecule has 51 heavy (non-hydrogen) atoms. The van der Waals surface area contributed by atoms with Crippen LogP contribution < -0.4 is 0 Å². The van der Waals surface area contributed by atoms with E-state index in [-0.39, 0.29) is 5.56 Å². The molecule has 238 valence electrons. The molecule has 3 heterocycles. The van der Waals surface area contributed by atoms with E-state index in [0.717, 1.165) is 25.8 Å². The first-order valence-corrected chi connectivity index (χ1v) is 15.2. The third-order valence-electron chi connectivity index (χ3n) is 8.62. The van der Waals surface area contributed by atoms with Gasteiger partial charge in [-0.3, -0.25) is 0 Å². The van der Waals surface area contributed by atoms with Crippen LogP contribution in [0.15, 0.2) is 187 Å². The molecule has 11 aromatic rings. The zero-order valence-corrected chi connectivity index (χ0v) is 25.5. The van der Waals surface area contributed by atoms with Crippen LogP contribution in [0.1, 0.15) is 39.8 Å². The molecule has 0 N–H and O–H groups in total. The Balaban J connectivity index is 1.43. The van der Waals surface area contributed by atoms with Crippen molar-refractivity contribution >= 4 is 65.4 Å². The molecule has 0 amide bonds. The second-order valence-electron chi connectivity index (χ2n) is 11.2. The van der Waals surface area contributed by atoms with Gasteiger partial charge in [0.05, 0.1) is 84.2 Å². The van der Waals surface area contributed by atoms with Gasteiger partial charge in [0, 0.05) is 38.0 Å². The van der Waals surface area contributed by atoms with Gasteiger partial charge in [-0.2, -0.15) is 0 Å². The van der Waals surface area contributed by atoms with Crippen molar-refractivity contribution in [3.05, 3.63) is 187 Å². The van der Waals surface area contributed by atoms with Gasteiger partial charge >= 0.3 is 0 Å². The lowest BCUT2D eigenvalue weighted by Gasteiger charge is -2.13. The fraction of sp³-hybridized carbons (Fsp3) is 0. The molecular weight excluding hydrogens is 619 g/mol. The smallest absolute Gasteiger partial charge is 0.0645 e. The summed E-state index contributed by atoms with van der Waals surface area (Å²) in [5, 5.41) is -3.44. The van der Waals surface area contributed by atoms with Gasteiger partial charge in [0.1, 0.15) is 0 Å². The van der Waals surface area contributed by atoms with Crippen molar-refractivity contribution in [1.29, 1.82) is 0 Å². The lowest BCUT2D eigenvalue weighted by molar-refractivity contribution is 1.17. The molecule has 3 heteroatoms. The molecule has 0 radical (unpaired) electrons. The number of benzene rings is 8. The van der Waals surface area contributed by atoms with E-state index in [2.05, 4.69) is 0 Å². The fourth-order valence-electron chi connectivity index (χ4n) is 6.59. The molecule has 11 rings (SSSR count). The van der Waals surface area contributed by atoms with Crippen molar-refractivity contribution in [2.75, 3.05) is 0 Å². The first kappa shape index (κ1) is 11.9. The number of fused-ring (bicyclic) bond motifs is 9. The third kappa shape index (κ3) is 4.00. The number of para-hydroxylation sites is 4. The second-order valence-corrected chi connectivity index (χ2v) is 11.2. The van der Waals surface area contributed by atoms with Crippen LogP contribution in [0.5, 0.6) is 0 Å². The van der Waals surface area contributed by atoms with E-state index in [1.807, 2.05) is 0 Å². The highest BCUT2D eigenvalue weighted by molar-refractivity contribution is 6.19. The number of aromatic nitrogens is 3. The summed E-state index contributed by atoms with van der Waals surface area (Å²) in [7, 11) is 0. The van der Waals surface area contributed by atoms with Crippen LogP contribution in [-0.4, -0.2) is 13.7 Å². The fourth-order valence-corrected chi connectivity index (χ4v) is 6.59. The Morgan fingerprint density at radius 3 is 1.24 bits per heavy atom. The van der Waals surface area contributed by atoms with Crippen molar-refractivity contribution in [1.82, 2.24) is 13.7 Å². The maximum atomic E-state index is 9.74.